The Morgan fingerprint density at radius 3 is 2.55 bits per heavy atom. The van der Waals surface area contributed by atoms with E-state index in [0.717, 1.165) is 16.7 Å². The van der Waals surface area contributed by atoms with Crippen LogP contribution in [0.2, 0.25) is 0 Å². The highest BCUT2D eigenvalue weighted by atomic mass is 19.1. The van der Waals surface area contributed by atoms with Crippen LogP contribution in [0.3, 0.4) is 0 Å². The van der Waals surface area contributed by atoms with E-state index in [-0.39, 0.29) is 18.2 Å². The zero-order chi connectivity index (χ0) is 21.6. The molecule has 0 aliphatic carbocycles. The lowest BCUT2D eigenvalue weighted by atomic mass is 9.89. The second-order valence-electron chi connectivity index (χ2n) is 7.55. The maximum Gasteiger partial charge on any atom is 0.228 e. The van der Waals surface area contributed by atoms with E-state index in [9.17, 15) is 14.0 Å². The monoisotopic (exact) mass is 418 g/mol. The molecule has 1 heterocycles. The Kier molecular flexibility index (Phi) is 6.38. The maximum atomic E-state index is 13.5. The van der Waals surface area contributed by atoms with Gasteiger partial charge in [-0.25, -0.2) is 4.39 Å². The van der Waals surface area contributed by atoms with E-state index < -0.39 is 11.7 Å². The average molecular weight is 418 g/mol. The maximum absolute atomic E-state index is 13.5. The molecule has 0 bridgehead atoms. The number of carbonyl (C=O) groups is 2. The molecule has 1 aliphatic rings. The molecule has 31 heavy (non-hydrogen) atoms. The van der Waals surface area contributed by atoms with Gasteiger partial charge in [-0.1, -0.05) is 60.7 Å². The van der Waals surface area contributed by atoms with Crippen molar-refractivity contribution in [2.45, 2.75) is 32.1 Å². The number of anilines is 1. The number of fused-ring (bicyclic) bond motifs is 1. The predicted octanol–water partition coefficient (Wildman–Crippen LogP) is 4.28. The molecule has 3 aromatic carbocycles. The van der Waals surface area contributed by atoms with E-state index in [4.69, 9.17) is 4.74 Å². The summed E-state index contributed by atoms with van der Waals surface area (Å²) in [7, 11) is 0. The molecule has 6 heteroatoms. The number of hydrogen-bond acceptors (Lipinski definition) is 3. The van der Waals surface area contributed by atoms with Crippen molar-refractivity contribution in [2.75, 3.05) is 5.32 Å². The van der Waals surface area contributed by atoms with Crippen LogP contribution in [-0.2, 0) is 34.1 Å². The molecule has 4 rings (SSSR count). The van der Waals surface area contributed by atoms with Gasteiger partial charge in [0.25, 0.3) is 0 Å². The molecule has 2 N–H and O–H groups in total. The van der Waals surface area contributed by atoms with Crippen LogP contribution in [0.1, 0.15) is 34.6 Å². The second kappa shape index (κ2) is 9.53. The summed E-state index contributed by atoms with van der Waals surface area (Å²) in [6.07, 6.45) is 0.0395. The Morgan fingerprint density at radius 1 is 0.968 bits per heavy atom. The number of amides is 2. The van der Waals surface area contributed by atoms with Crippen LogP contribution >= 0.6 is 0 Å². The largest absolute Gasteiger partial charge is 0.372 e. The van der Waals surface area contributed by atoms with E-state index in [0.29, 0.717) is 31.0 Å². The van der Waals surface area contributed by atoms with Crippen LogP contribution in [0, 0.1) is 5.82 Å². The third kappa shape index (κ3) is 5.35. The summed E-state index contributed by atoms with van der Waals surface area (Å²) in [5.41, 5.74) is 4.05. The van der Waals surface area contributed by atoms with Crippen LogP contribution in [0.25, 0.3) is 0 Å². The molecule has 3 aromatic rings. The van der Waals surface area contributed by atoms with Gasteiger partial charge in [0.15, 0.2) is 0 Å². The van der Waals surface area contributed by atoms with Crippen LogP contribution in [-0.4, -0.2) is 11.8 Å². The standard InChI is InChI=1S/C25H23FN2O3/c26-20-9-10-21-22(13-24(29)28-23(21)12-20)25(30)27-14-18-7-4-8-19(11-18)16-31-15-17-5-2-1-3-6-17/h1-12,22H,13-16H2,(H,27,30)(H,28,29). The summed E-state index contributed by atoms with van der Waals surface area (Å²) >= 11 is 0. The van der Waals surface area contributed by atoms with Gasteiger partial charge in [-0.2, -0.15) is 0 Å². The molecule has 0 spiro atoms. The van der Waals surface area contributed by atoms with E-state index >= 15 is 0 Å². The van der Waals surface area contributed by atoms with Crippen LogP contribution in [0.4, 0.5) is 10.1 Å². The first-order valence-electron chi connectivity index (χ1n) is 10.1. The third-order valence-corrected chi connectivity index (χ3v) is 5.21. The summed E-state index contributed by atoms with van der Waals surface area (Å²) < 4.78 is 19.3. The van der Waals surface area contributed by atoms with Crippen LogP contribution in [0.5, 0.6) is 0 Å². The zero-order valence-corrected chi connectivity index (χ0v) is 16.9. The molecule has 1 atom stereocenters. The fourth-order valence-electron chi connectivity index (χ4n) is 3.67. The first-order chi connectivity index (χ1) is 15.1. The van der Waals surface area contributed by atoms with E-state index in [1.165, 1.54) is 12.1 Å². The minimum Gasteiger partial charge on any atom is -0.372 e. The average Bonchev–Trinajstić information content (AvgIpc) is 2.77. The van der Waals surface area contributed by atoms with Gasteiger partial charge >= 0.3 is 0 Å². The van der Waals surface area contributed by atoms with Crippen molar-refractivity contribution in [3.8, 4) is 0 Å². The lowest BCUT2D eigenvalue weighted by molar-refractivity contribution is -0.126. The Hall–Kier alpha value is -3.51. The number of carbonyl (C=O) groups excluding carboxylic acids is 2. The highest BCUT2D eigenvalue weighted by Gasteiger charge is 2.30. The highest BCUT2D eigenvalue weighted by molar-refractivity contribution is 6.01. The smallest absolute Gasteiger partial charge is 0.228 e. The highest BCUT2D eigenvalue weighted by Crippen LogP contribution is 2.32. The van der Waals surface area contributed by atoms with Crippen LogP contribution in [0.15, 0.2) is 72.8 Å². The second-order valence-corrected chi connectivity index (χ2v) is 7.55. The minimum absolute atomic E-state index is 0.0395. The Labute approximate surface area is 180 Å². The summed E-state index contributed by atoms with van der Waals surface area (Å²) in [5, 5.41) is 5.53. The third-order valence-electron chi connectivity index (χ3n) is 5.21. The molecule has 0 radical (unpaired) electrons. The molecule has 0 fully saturated rings. The van der Waals surface area contributed by atoms with Crippen molar-refractivity contribution in [3.63, 3.8) is 0 Å². The van der Waals surface area contributed by atoms with Gasteiger partial charge in [-0.3, -0.25) is 9.59 Å². The summed E-state index contributed by atoms with van der Waals surface area (Å²) in [4.78, 5) is 24.7. The van der Waals surface area contributed by atoms with E-state index in [2.05, 4.69) is 10.6 Å². The van der Waals surface area contributed by atoms with Crippen molar-refractivity contribution < 1.29 is 18.7 Å². The van der Waals surface area contributed by atoms with Gasteiger partial charge in [-0.05, 0) is 34.4 Å². The van der Waals surface area contributed by atoms with Gasteiger partial charge in [0.2, 0.25) is 11.8 Å². The molecule has 0 saturated carbocycles. The van der Waals surface area contributed by atoms with Gasteiger partial charge in [0.05, 0.1) is 19.1 Å². The van der Waals surface area contributed by atoms with Crippen LogP contribution < -0.4 is 10.6 Å². The summed E-state index contributed by atoms with van der Waals surface area (Å²) in [5.74, 6) is -1.64. The van der Waals surface area contributed by atoms with Crippen molar-refractivity contribution in [2.24, 2.45) is 0 Å². The number of hydrogen-bond donors (Lipinski definition) is 2. The molecule has 0 aromatic heterocycles. The Balaban J connectivity index is 1.35. The van der Waals surface area contributed by atoms with Gasteiger partial charge in [-0.15, -0.1) is 0 Å². The van der Waals surface area contributed by atoms with Crippen molar-refractivity contribution in [1.82, 2.24) is 5.32 Å². The first kappa shape index (κ1) is 20.8. The summed E-state index contributed by atoms with van der Waals surface area (Å²) in [6.45, 7) is 1.34. The van der Waals surface area contributed by atoms with Crippen molar-refractivity contribution in [3.05, 3.63) is 101 Å². The molecule has 1 unspecified atom stereocenters. The molecule has 5 nitrogen and oxygen atoms in total. The fraction of sp³-hybridized carbons (Fsp3) is 0.200. The molecule has 2 amide bonds. The Morgan fingerprint density at radius 2 is 1.71 bits per heavy atom. The number of benzene rings is 3. The number of ether oxygens (including phenoxy) is 1. The zero-order valence-electron chi connectivity index (χ0n) is 16.9. The number of rotatable bonds is 7. The van der Waals surface area contributed by atoms with E-state index in [1.807, 2.05) is 54.6 Å². The Bertz CT molecular complexity index is 1090. The molecule has 1 aliphatic heterocycles. The predicted molar refractivity (Wildman–Crippen MR) is 116 cm³/mol. The molecule has 158 valence electrons. The molecular formula is C25H23FN2O3. The first-order valence-corrected chi connectivity index (χ1v) is 10.1. The number of halogens is 1. The quantitative estimate of drug-likeness (QED) is 0.602. The lowest BCUT2D eigenvalue weighted by Gasteiger charge is -2.25. The lowest BCUT2D eigenvalue weighted by Crippen LogP contribution is -2.34. The normalized spacial score (nSPS) is 15.1. The van der Waals surface area contributed by atoms with Crippen molar-refractivity contribution in [1.29, 1.82) is 0 Å². The van der Waals surface area contributed by atoms with E-state index in [1.54, 1.807) is 6.07 Å². The van der Waals surface area contributed by atoms with Crippen molar-refractivity contribution >= 4 is 17.5 Å². The topological polar surface area (TPSA) is 67.4 Å². The van der Waals surface area contributed by atoms with Gasteiger partial charge < -0.3 is 15.4 Å². The number of nitrogens with one attached hydrogen (secondary N) is 2. The molecular weight excluding hydrogens is 395 g/mol. The minimum atomic E-state index is -0.637. The van der Waals surface area contributed by atoms with Gasteiger partial charge in [0, 0.05) is 18.7 Å². The van der Waals surface area contributed by atoms with Gasteiger partial charge in [0.1, 0.15) is 5.82 Å². The fourth-order valence-corrected chi connectivity index (χ4v) is 3.67. The summed E-state index contributed by atoms with van der Waals surface area (Å²) in [6, 6.07) is 21.9. The molecule has 0 saturated heterocycles. The SMILES string of the molecule is O=C1CC(C(=O)NCc2cccc(COCc3ccccc3)c2)c2ccc(F)cc2N1.